The van der Waals surface area contributed by atoms with Gasteiger partial charge in [0, 0.05) is 11.8 Å². The minimum absolute atomic E-state index is 0.274. The standard InChI is InChI=1S/C14H20N2O/c15-9-10-5-7-11(8-6-10)14-16-12-3-1-2-4-13(12)17-14/h10-13H,1-8H2. The van der Waals surface area contributed by atoms with Crippen molar-refractivity contribution in [3.8, 4) is 6.07 Å². The van der Waals surface area contributed by atoms with Crippen molar-refractivity contribution in [3.63, 3.8) is 0 Å². The first-order valence-electron chi connectivity index (χ1n) is 7.01. The van der Waals surface area contributed by atoms with Gasteiger partial charge in [-0.2, -0.15) is 5.26 Å². The van der Waals surface area contributed by atoms with Gasteiger partial charge in [-0.25, -0.2) is 4.99 Å². The van der Waals surface area contributed by atoms with E-state index < -0.39 is 0 Å². The van der Waals surface area contributed by atoms with Gasteiger partial charge in [-0.15, -0.1) is 0 Å². The first-order chi connectivity index (χ1) is 8.36. The molecule has 17 heavy (non-hydrogen) atoms. The zero-order chi connectivity index (χ0) is 11.7. The Kier molecular flexibility index (Phi) is 3.05. The maximum atomic E-state index is 8.90. The van der Waals surface area contributed by atoms with Crippen molar-refractivity contribution in [1.29, 1.82) is 5.26 Å². The second-order valence-electron chi connectivity index (χ2n) is 5.65. The minimum atomic E-state index is 0.274. The van der Waals surface area contributed by atoms with E-state index in [4.69, 9.17) is 15.0 Å². The number of nitrogens with zero attached hydrogens (tertiary/aromatic N) is 2. The number of hydrogen-bond donors (Lipinski definition) is 0. The lowest BCUT2D eigenvalue weighted by atomic mass is 9.82. The van der Waals surface area contributed by atoms with Crippen molar-refractivity contribution in [1.82, 2.24) is 0 Å². The zero-order valence-electron chi connectivity index (χ0n) is 10.3. The third-order valence-electron chi connectivity index (χ3n) is 4.49. The van der Waals surface area contributed by atoms with E-state index in [2.05, 4.69) is 6.07 Å². The van der Waals surface area contributed by atoms with Gasteiger partial charge in [-0.1, -0.05) is 6.42 Å². The molecule has 92 valence electrons. The van der Waals surface area contributed by atoms with E-state index in [1.54, 1.807) is 0 Å². The van der Waals surface area contributed by atoms with Gasteiger partial charge in [-0.05, 0) is 44.9 Å². The summed E-state index contributed by atoms with van der Waals surface area (Å²) in [5, 5.41) is 8.90. The van der Waals surface area contributed by atoms with Crippen molar-refractivity contribution in [3.05, 3.63) is 0 Å². The van der Waals surface area contributed by atoms with Crippen LogP contribution in [0, 0.1) is 23.2 Å². The number of nitriles is 1. The van der Waals surface area contributed by atoms with Crippen molar-refractivity contribution in [2.45, 2.75) is 63.5 Å². The average molecular weight is 232 g/mol. The van der Waals surface area contributed by atoms with Crippen LogP contribution in [-0.2, 0) is 4.74 Å². The topological polar surface area (TPSA) is 45.4 Å². The van der Waals surface area contributed by atoms with Gasteiger partial charge in [0.05, 0.1) is 12.1 Å². The third-order valence-corrected chi connectivity index (χ3v) is 4.49. The van der Waals surface area contributed by atoms with Crippen molar-refractivity contribution < 1.29 is 4.74 Å². The quantitative estimate of drug-likeness (QED) is 0.697. The summed E-state index contributed by atoms with van der Waals surface area (Å²) >= 11 is 0. The molecule has 1 aliphatic heterocycles. The van der Waals surface area contributed by atoms with Gasteiger partial charge >= 0.3 is 0 Å². The monoisotopic (exact) mass is 232 g/mol. The first kappa shape index (κ1) is 11.1. The number of aliphatic imine (C=N–C) groups is 1. The van der Waals surface area contributed by atoms with Gasteiger partial charge < -0.3 is 4.74 Å². The molecule has 0 bridgehead atoms. The minimum Gasteiger partial charge on any atom is -0.475 e. The van der Waals surface area contributed by atoms with Crippen LogP contribution in [0.2, 0.25) is 0 Å². The SMILES string of the molecule is N#CC1CCC(C2=NC3CCCCC3O2)CC1. The Bertz CT molecular complexity index is 350. The number of rotatable bonds is 1. The molecule has 2 fully saturated rings. The normalized spacial score (nSPS) is 41.0. The Labute approximate surface area is 103 Å². The Hall–Kier alpha value is -1.04. The van der Waals surface area contributed by atoms with Crippen LogP contribution in [0.5, 0.6) is 0 Å². The van der Waals surface area contributed by atoms with Crippen molar-refractivity contribution in [2.75, 3.05) is 0 Å². The van der Waals surface area contributed by atoms with Gasteiger partial charge in [0.25, 0.3) is 0 Å². The van der Waals surface area contributed by atoms with E-state index in [1.807, 2.05) is 0 Å². The van der Waals surface area contributed by atoms with Crippen LogP contribution in [0.15, 0.2) is 4.99 Å². The highest BCUT2D eigenvalue weighted by atomic mass is 16.5. The molecule has 1 heterocycles. The molecular weight excluding hydrogens is 212 g/mol. The van der Waals surface area contributed by atoms with E-state index >= 15 is 0 Å². The van der Waals surface area contributed by atoms with Gasteiger partial charge in [0.15, 0.2) is 5.90 Å². The Morgan fingerprint density at radius 3 is 2.53 bits per heavy atom. The molecular formula is C14H20N2O. The summed E-state index contributed by atoms with van der Waals surface area (Å²) in [6.45, 7) is 0. The second-order valence-corrected chi connectivity index (χ2v) is 5.65. The van der Waals surface area contributed by atoms with Gasteiger partial charge in [0.2, 0.25) is 0 Å². The third kappa shape index (κ3) is 2.18. The summed E-state index contributed by atoms with van der Waals surface area (Å²) in [5.41, 5.74) is 0. The molecule has 0 radical (unpaired) electrons. The molecule has 3 nitrogen and oxygen atoms in total. The molecule has 3 aliphatic rings. The second kappa shape index (κ2) is 4.68. The maximum Gasteiger partial charge on any atom is 0.187 e. The Morgan fingerprint density at radius 1 is 1.06 bits per heavy atom. The molecule has 3 heteroatoms. The molecule has 2 saturated carbocycles. The van der Waals surface area contributed by atoms with Crippen LogP contribution in [0.25, 0.3) is 0 Å². The smallest absolute Gasteiger partial charge is 0.187 e. The highest BCUT2D eigenvalue weighted by Crippen LogP contribution is 2.35. The predicted octanol–water partition coefficient (Wildman–Crippen LogP) is 3.06. The molecule has 0 aromatic heterocycles. The highest BCUT2D eigenvalue weighted by Gasteiger charge is 2.36. The van der Waals surface area contributed by atoms with E-state index in [0.717, 1.165) is 31.6 Å². The van der Waals surface area contributed by atoms with Crippen molar-refractivity contribution in [2.24, 2.45) is 16.8 Å². The zero-order valence-corrected chi connectivity index (χ0v) is 10.3. The lowest BCUT2D eigenvalue weighted by molar-refractivity contribution is 0.140. The molecule has 0 saturated heterocycles. The molecule has 0 aromatic carbocycles. The molecule has 2 atom stereocenters. The van der Waals surface area contributed by atoms with E-state index in [-0.39, 0.29) is 5.92 Å². The fourth-order valence-electron chi connectivity index (χ4n) is 3.38. The summed E-state index contributed by atoms with van der Waals surface area (Å²) < 4.78 is 6.04. The Morgan fingerprint density at radius 2 is 1.82 bits per heavy atom. The van der Waals surface area contributed by atoms with E-state index in [1.165, 1.54) is 25.7 Å². The molecule has 0 N–H and O–H groups in total. The summed E-state index contributed by atoms with van der Waals surface area (Å²) in [7, 11) is 0. The molecule has 0 amide bonds. The van der Waals surface area contributed by atoms with Crippen LogP contribution in [0.4, 0.5) is 0 Å². The van der Waals surface area contributed by atoms with Crippen LogP contribution < -0.4 is 0 Å². The van der Waals surface area contributed by atoms with Gasteiger partial charge in [0.1, 0.15) is 6.10 Å². The largest absolute Gasteiger partial charge is 0.475 e. The van der Waals surface area contributed by atoms with Crippen molar-refractivity contribution >= 4 is 5.90 Å². The van der Waals surface area contributed by atoms with E-state index in [0.29, 0.717) is 18.1 Å². The summed E-state index contributed by atoms with van der Waals surface area (Å²) in [6, 6.07) is 2.84. The number of hydrogen-bond acceptors (Lipinski definition) is 3. The number of fused-ring (bicyclic) bond motifs is 1. The lowest BCUT2D eigenvalue weighted by Crippen LogP contribution is -2.27. The molecule has 0 spiro atoms. The fourth-order valence-corrected chi connectivity index (χ4v) is 3.38. The molecule has 2 aliphatic carbocycles. The highest BCUT2D eigenvalue weighted by molar-refractivity contribution is 5.80. The Balaban J connectivity index is 1.61. The molecule has 3 rings (SSSR count). The number of ether oxygens (including phenoxy) is 1. The lowest BCUT2D eigenvalue weighted by Gasteiger charge is -2.26. The maximum absolute atomic E-state index is 8.90. The first-order valence-corrected chi connectivity index (χ1v) is 7.01. The van der Waals surface area contributed by atoms with Crippen LogP contribution >= 0.6 is 0 Å². The van der Waals surface area contributed by atoms with Gasteiger partial charge in [-0.3, -0.25) is 0 Å². The molecule has 2 unspecified atom stereocenters. The van der Waals surface area contributed by atoms with Crippen LogP contribution in [-0.4, -0.2) is 18.0 Å². The fraction of sp³-hybridized carbons (Fsp3) is 0.857. The van der Waals surface area contributed by atoms with E-state index in [9.17, 15) is 0 Å². The summed E-state index contributed by atoms with van der Waals surface area (Å²) in [6.07, 6.45) is 9.62. The predicted molar refractivity (Wildman–Crippen MR) is 65.6 cm³/mol. The summed E-state index contributed by atoms with van der Waals surface area (Å²) in [4.78, 5) is 4.80. The average Bonchev–Trinajstić information content (AvgIpc) is 2.82. The summed E-state index contributed by atoms with van der Waals surface area (Å²) in [5.74, 6) is 1.80. The molecule has 0 aromatic rings. The van der Waals surface area contributed by atoms with Crippen LogP contribution in [0.3, 0.4) is 0 Å². The van der Waals surface area contributed by atoms with Crippen LogP contribution in [0.1, 0.15) is 51.4 Å².